The molecule has 0 fully saturated rings. The van der Waals surface area contributed by atoms with E-state index in [-0.39, 0.29) is 16.6 Å². The van der Waals surface area contributed by atoms with E-state index in [0.717, 1.165) is 12.0 Å². The maximum absolute atomic E-state index is 12.9. The summed E-state index contributed by atoms with van der Waals surface area (Å²) in [6.45, 7) is 4.14. The van der Waals surface area contributed by atoms with Crippen LogP contribution in [0.4, 0.5) is 5.69 Å². The van der Waals surface area contributed by atoms with E-state index in [1.165, 1.54) is 20.3 Å². The van der Waals surface area contributed by atoms with Gasteiger partial charge < -0.3 is 9.47 Å². The molecule has 130 valence electrons. The van der Waals surface area contributed by atoms with Gasteiger partial charge in [-0.15, -0.1) is 0 Å². The number of hydrogen-bond acceptors (Lipinski definition) is 4. The first-order valence-corrected chi connectivity index (χ1v) is 9.25. The summed E-state index contributed by atoms with van der Waals surface area (Å²) in [6, 6.07) is 12.1. The average Bonchev–Trinajstić information content (AvgIpc) is 2.60. The number of ether oxygens (including phenoxy) is 2. The van der Waals surface area contributed by atoms with E-state index in [1.54, 1.807) is 18.2 Å². The van der Waals surface area contributed by atoms with E-state index in [1.807, 2.05) is 18.2 Å². The molecule has 24 heavy (non-hydrogen) atoms. The van der Waals surface area contributed by atoms with Crippen molar-refractivity contribution in [2.24, 2.45) is 0 Å². The van der Waals surface area contributed by atoms with E-state index >= 15 is 0 Å². The SMILES string of the molecule is CC[C@H](C)c1ccccc1NS(=O)(=O)c1cc(OC)ccc1OC. The van der Waals surface area contributed by atoms with Crippen LogP contribution in [0.5, 0.6) is 11.5 Å². The number of nitrogens with one attached hydrogen (secondary N) is 1. The van der Waals surface area contributed by atoms with Gasteiger partial charge in [0.25, 0.3) is 10.0 Å². The molecular formula is C18H23NO4S. The normalized spacial score (nSPS) is 12.5. The molecule has 2 aromatic rings. The van der Waals surface area contributed by atoms with Crippen LogP contribution in [0, 0.1) is 0 Å². The van der Waals surface area contributed by atoms with Crippen LogP contribution in [-0.4, -0.2) is 22.6 Å². The van der Waals surface area contributed by atoms with E-state index < -0.39 is 10.0 Å². The van der Waals surface area contributed by atoms with E-state index in [2.05, 4.69) is 18.6 Å². The van der Waals surface area contributed by atoms with Crippen molar-refractivity contribution in [2.75, 3.05) is 18.9 Å². The predicted molar refractivity (Wildman–Crippen MR) is 95.5 cm³/mol. The predicted octanol–water partition coefficient (Wildman–Crippen LogP) is 4.02. The van der Waals surface area contributed by atoms with Crippen LogP contribution in [0.1, 0.15) is 31.7 Å². The molecule has 2 rings (SSSR count). The number of hydrogen-bond donors (Lipinski definition) is 1. The quantitative estimate of drug-likeness (QED) is 0.820. The Morgan fingerprint density at radius 3 is 2.42 bits per heavy atom. The molecule has 0 bridgehead atoms. The van der Waals surface area contributed by atoms with Crippen LogP contribution in [0.15, 0.2) is 47.4 Å². The van der Waals surface area contributed by atoms with Gasteiger partial charge in [-0.25, -0.2) is 8.42 Å². The van der Waals surface area contributed by atoms with Crippen LogP contribution >= 0.6 is 0 Å². The van der Waals surface area contributed by atoms with Crippen molar-refractivity contribution >= 4 is 15.7 Å². The van der Waals surface area contributed by atoms with Crippen LogP contribution in [0.2, 0.25) is 0 Å². The fourth-order valence-corrected chi connectivity index (χ4v) is 3.71. The number of anilines is 1. The van der Waals surface area contributed by atoms with Gasteiger partial charge in [-0.2, -0.15) is 0 Å². The summed E-state index contributed by atoms with van der Waals surface area (Å²) in [5.74, 6) is 0.965. The molecule has 0 saturated heterocycles. The number of para-hydroxylation sites is 1. The smallest absolute Gasteiger partial charge is 0.265 e. The molecule has 0 aliphatic heterocycles. The molecule has 0 saturated carbocycles. The van der Waals surface area contributed by atoms with Gasteiger partial charge >= 0.3 is 0 Å². The van der Waals surface area contributed by atoms with Gasteiger partial charge in [0.1, 0.15) is 16.4 Å². The first-order chi connectivity index (χ1) is 11.4. The lowest BCUT2D eigenvalue weighted by atomic mass is 9.97. The number of methoxy groups -OCH3 is 2. The first kappa shape index (κ1) is 18.1. The Bertz CT molecular complexity index is 802. The fourth-order valence-electron chi connectivity index (χ4n) is 2.43. The zero-order valence-corrected chi connectivity index (χ0v) is 15.2. The lowest BCUT2D eigenvalue weighted by Crippen LogP contribution is -2.16. The summed E-state index contributed by atoms with van der Waals surface area (Å²) >= 11 is 0. The maximum atomic E-state index is 12.9. The molecule has 0 spiro atoms. The number of benzene rings is 2. The van der Waals surface area contributed by atoms with Gasteiger partial charge in [-0.1, -0.05) is 32.0 Å². The third kappa shape index (κ3) is 3.82. The van der Waals surface area contributed by atoms with Gasteiger partial charge in [0, 0.05) is 6.07 Å². The second-order valence-corrected chi connectivity index (χ2v) is 7.17. The molecule has 1 N–H and O–H groups in total. The fraction of sp³-hybridized carbons (Fsp3) is 0.333. The summed E-state index contributed by atoms with van der Waals surface area (Å²) in [7, 11) is -0.880. The van der Waals surface area contributed by atoms with Crippen molar-refractivity contribution in [3.8, 4) is 11.5 Å². The minimum atomic E-state index is -3.81. The van der Waals surface area contributed by atoms with Crippen molar-refractivity contribution in [3.05, 3.63) is 48.0 Å². The Morgan fingerprint density at radius 2 is 1.79 bits per heavy atom. The van der Waals surface area contributed by atoms with Crippen molar-refractivity contribution in [1.29, 1.82) is 0 Å². The first-order valence-electron chi connectivity index (χ1n) is 7.76. The van der Waals surface area contributed by atoms with E-state index in [9.17, 15) is 8.42 Å². The highest BCUT2D eigenvalue weighted by Gasteiger charge is 2.22. The molecule has 0 aliphatic rings. The number of rotatable bonds is 7. The largest absolute Gasteiger partial charge is 0.497 e. The van der Waals surface area contributed by atoms with E-state index in [0.29, 0.717) is 11.4 Å². The third-order valence-electron chi connectivity index (χ3n) is 4.01. The van der Waals surface area contributed by atoms with Crippen LogP contribution in [-0.2, 0) is 10.0 Å². The van der Waals surface area contributed by atoms with Crippen LogP contribution < -0.4 is 14.2 Å². The van der Waals surface area contributed by atoms with Gasteiger partial charge in [0.15, 0.2) is 0 Å². The molecule has 0 aromatic heterocycles. The maximum Gasteiger partial charge on any atom is 0.265 e. The van der Waals surface area contributed by atoms with E-state index in [4.69, 9.17) is 9.47 Å². The summed E-state index contributed by atoms with van der Waals surface area (Å²) in [4.78, 5) is 0.0447. The molecule has 6 heteroatoms. The average molecular weight is 349 g/mol. The molecule has 1 atom stereocenters. The van der Waals surface area contributed by atoms with Crippen molar-refractivity contribution in [1.82, 2.24) is 0 Å². The molecule has 5 nitrogen and oxygen atoms in total. The Morgan fingerprint density at radius 1 is 1.08 bits per heavy atom. The standard InChI is InChI=1S/C18H23NO4S/c1-5-13(2)15-8-6-7-9-16(15)19-24(20,21)18-12-14(22-3)10-11-17(18)23-4/h6-13,19H,5H2,1-4H3/t13-/m0/s1. The Labute approximate surface area is 143 Å². The second kappa shape index (κ2) is 7.57. The monoisotopic (exact) mass is 349 g/mol. The summed E-state index contributed by atoms with van der Waals surface area (Å²) in [6.07, 6.45) is 0.918. The zero-order valence-electron chi connectivity index (χ0n) is 14.4. The van der Waals surface area contributed by atoms with Gasteiger partial charge in [-0.05, 0) is 36.1 Å². The molecule has 2 aromatic carbocycles. The highest BCUT2D eigenvalue weighted by molar-refractivity contribution is 7.92. The lowest BCUT2D eigenvalue weighted by molar-refractivity contribution is 0.392. The summed E-state index contributed by atoms with van der Waals surface area (Å²) < 4.78 is 38.7. The Kier molecular flexibility index (Phi) is 5.72. The van der Waals surface area contributed by atoms with Gasteiger partial charge in [0.05, 0.1) is 19.9 Å². The minimum Gasteiger partial charge on any atom is -0.497 e. The molecule has 0 heterocycles. The lowest BCUT2D eigenvalue weighted by Gasteiger charge is -2.17. The van der Waals surface area contributed by atoms with Gasteiger partial charge in [-0.3, -0.25) is 4.72 Å². The Balaban J connectivity index is 2.47. The minimum absolute atomic E-state index is 0.0447. The van der Waals surface area contributed by atoms with Crippen molar-refractivity contribution in [2.45, 2.75) is 31.1 Å². The van der Waals surface area contributed by atoms with Crippen molar-refractivity contribution in [3.63, 3.8) is 0 Å². The zero-order chi connectivity index (χ0) is 17.7. The molecule has 0 unspecified atom stereocenters. The third-order valence-corrected chi connectivity index (χ3v) is 5.40. The summed E-state index contributed by atoms with van der Waals surface area (Å²) in [5, 5.41) is 0. The molecular weight excluding hydrogens is 326 g/mol. The Hall–Kier alpha value is -2.21. The highest BCUT2D eigenvalue weighted by Crippen LogP contribution is 2.32. The molecule has 0 aliphatic carbocycles. The topological polar surface area (TPSA) is 64.6 Å². The van der Waals surface area contributed by atoms with Crippen LogP contribution in [0.25, 0.3) is 0 Å². The van der Waals surface area contributed by atoms with Gasteiger partial charge in [0.2, 0.25) is 0 Å². The number of sulfonamides is 1. The highest BCUT2D eigenvalue weighted by atomic mass is 32.2. The van der Waals surface area contributed by atoms with Crippen molar-refractivity contribution < 1.29 is 17.9 Å². The van der Waals surface area contributed by atoms with Crippen LogP contribution in [0.3, 0.4) is 0 Å². The molecule has 0 radical (unpaired) electrons. The summed E-state index contributed by atoms with van der Waals surface area (Å²) in [5.41, 5.74) is 1.54. The second-order valence-electron chi connectivity index (χ2n) is 5.52. The molecule has 0 amide bonds.